The van der Waals surface area contributed by atoms with Gasteiger partial charge in [-0.3, -0.25) is 48.5 Å². The molecule has 608 valence electrons. The molecular formula is C78H88ClF4N13O14S4. The first-order chi connectivity index (χ1) is 54.4. The maximum absolute atomic E-state index is 15.9. The van der Waals surface area contributed by atoms with Gasteiger partial charge in [0, 0.05) is 153 Å². The third kappa shape index (κ3) is 20.1. The number of halogens is 5. The van der Waals surface area contributed by atoms with Gasteiger partial charge in [0.25, 0.3) is 31.7 Å². The number of nitrogens with zero attached hydrogens (tertiary/aromatic N) is 9. The van der Waals surface area contributed by atoms with Crippen molar-refractivity contribution >= 4 is 111 Å². The smallest absolute Gasteiger partial charge is 0.382 e. The van der Waals surface area contributed by atoms with Crippen molar-refractivity contribution in [2.75, 3.05) is 136 Å². The summed E-state index contributed by atoms with van der Waals surface area (Å²) >= 11 is 7.68. The fourth-order valence-corrected chi connectivity index (χ4v) is 18.9. The van der Waals surface area contributed by atoms with Gasteiger partial charge in [0.05, 0.1) is 78.1 Å². The molecule has 4 aliphatic rings. The molecule has 6 heterocycles. The largest absolute Gasteiger partial charge is 0.501 e. The molecule has 27 nitrogen and oxygen atoms in total. The number of carbonyl (C=O) groups excluding carboxylic acids is 5. The Morgan fingerprint density at radius 2 is 1.41 bits per heavy atom. The quantitative estimate of drug-likeness (QED) is 0.0124. The molecule has 4 N–H and O–H groups in total. The number of sulfonamides is 1. The zero-order chi connectivity index (χ0) is 81.2. The molecule has 2 aromatic heterocycles. The second-order valence-electron chi connectivity index (χ2n) is 28.2. The van der Waals surface area contributed by atoms with Crippen LogP contribution < -0.4 is 30.5 Å². The van der Waals surface area contributed by atoms with Gasteiger partial charge in [0.15, 0.2) is 9.84 Å². The molecule has 3 fully saturated rings. The molecule has 36 heteroatoms. The number of imide groups is 2. The second kappa shape index (κ2) is 36.6. The van der Waals surface area contributed by atoms with E-state index in [0.29, 0.717) is 147 Å². The number of benzene rings is 6. The minimum Gasteiger partial charge on any atom is -0.382 e. The Bertz CT molecular complexity index is 5180. The number of aryl methyl sites for hydroxylation is 1. The minimum atomic E-state index is -6.15. The first-order valence-corrected chi connectivity index (χ1v) is 43.4. The van der Waals surface area contributed by atoms with E-state index in [-0.39, 0.29) is 98.3 Å². The number of hydrogen-bond donors (Lipinski definition) is 4. The third-order valence-electron chi connectivity index (χ3n) is 20.0. The molecule has 8 aromatic rings. The molecule has 0 radical (unpaired) electrons. The summed E-state index contributed by atoms with van der Waals surface area (Å²) in [6.07, 6.45) is 4.02. The van der Waals surface area contributed by atoms with Gasteiger partial charge in [-0.2, -0.15) is 13.2 Å². The highest BCUT2D eigenvalue weighted by molar-refractivity contribution is 7.99. The normalized spacial score (nSPS) is 16.2. The summed E-state index contributed by atoms with van der Waals surface area (Å²) in [7, 11) is -14.7. The van der Waals surface area contributed by atoms with E-state index in [1.54, 1.807) is 77.3 Å². The molecule has 12 rings (SSSR count). The van der Waals surface area contributed by atoms with Crippen LogP contribution in [0.15, 0.2) is 159 Å². The number of amides is 5. The van der Waals surface area contributed by atoms with Gasteiger partial charge in [0.2, 0.25) is 17.7 Å². The number of anilines is 5. The Labute approximate surface area is 667 Å². The van der Waals surface area contributed by atoms with Gasteiger partial charge in [-0.25, -0.2) is 29.6 Å². The lowest BCUT2D eigenvalue weighted by Gasteiger charge is -2.37. The van der Waals surface area contributed by atoms with Crippen molar-refractivity contribution in [2.24, 2.45) is 0 Å². The van der Waals surface area contributed by atoms with Crippen LogP contribution in [0.25, 0.3) is 22.4 Å². The van der Waals surface area contributed by atoms with Crippen LogP contribution in [-0.4, -0.2) is 217 Å². The fraction of sp³-hybridized carbons (Fsp3) is 0.397. The first-order valence-electron chi connectivity index (χ1n) is 37.2. The summed E-state index contributed by atoms with van der Waals surface area (Å²) in [5, 5.41) is 17.2. The molecule has 2 atom stereocenters. The fourth-order valence-electron chi connectivity index (χ4n) is 14.4. The Morgan fingerprint density at radius 1 is 0.728 bits per heavy atom. The average Bonchev–Trinajstić information content (AvgIpc) is 1.24. The van der Waals surface area contributed by atoms with Gasteiger partial charge in [-0.05, 0) is 148 Å². The summed E-state index contributed by atoms with van der Waals surface area (Å²) in [6.45, 7) is 11.9. The van der Waals surface area contributed by atoms with E-state index >= 15 is 4.39 Å². The number of thioether (sulfide) groups is 1. The summed E-state index contributed by atoms with van der Waals surface area (Å²) < 4.78 is 165. The Kier molecular flexibility index (Phi) is 26.9. The van der Waals surface area contributed by atoms with E-state index in [1.807, 2.05) is 58.5 Å². The zero-order valence-corrected chi connectivity index (χ0v) is 67.1. The third-order valence-corrected chi connectivity index (χ3v) is 25.6. The van der Waals surface area contributed by atoms with Crippen LogP contribution in [0.2, 0.25) is 5.02 Å². The van der Waals surface area contributed by atoms with Crippen molar-refractivity contribution < 1.29 is 81.0 Å². The highest BCUT2D eigenvalue weighted by Gasteiger charge is 2.49. The van der Waals surface area contributed by atoms with E-state index in [2.05, 4.69) is 35.9 Å². The predicted molar refractivity (Wildman–Crippen MR) is 424 cm³/mol. The lowest BCUT2D eigenvalue weighted by molar-refractivity contribution is -0.136. The van der Waals surface area contributed by atoms with Gasteiger partial charge >= 0.3 is 5.51 Å². The molecule has 1 unspecified atom stereocenters. The number of ether oxygens (including phenoxy) is 3. The van der Waals surface area contributed by atoms with Gasteiger partial charge < -0.3 is 44.1 Å². The molecule has 0 bridgehead atoms. The summed E-state index contributed by atoms with van der Waals surface area (Å²) in [4.78, 5) is 71.8. The summed E-state index contributed by atoms with van der Waals surface area (Å²) in [5.41, 5.74) is -1.06. The molecular weight excluding hydrogens is 1580 g/mol. The summed E-state index contributed by atoms with van der Waals surface area (Å²) in [6, 6.07) is 32.6. The average molecular weight is 1670 g/mol. The molecule has 5 amide bonds. The van der Waals surface area contributed by atoms with Gasteiger partial charge in [-0.1, -0.05) is 53.2 Å². The van der Waals surface area contributed by atoms with Crippen LogP contribution in [0, 0.1) is 12.7 Å². The number of piperidine rings is 1. The van der Waals surface area contributed by atoms with Crippen LogP contribution in [0.1, 0.15) is 84.1 Å². The number of piperazine rings is 2. The zero-order valence-electron chi connectivity index (χ0n) is 63.0. The number of aromatic nitrogens is 4. The Hall–Kier alpha value is -9.46. The van der Waals surface area contributed by atoms with Crippen molar-refractivity contribution in [3.05, 3.63) is 173 Å². The van der Waals surface area contributed by atoms with E-state index in [0.717, 1.165) is 28.2 Å². The first kappa shape index (κ1) is 84.0. The molecule has 0 saturated carbocycles. The van der Waals surface area contributed by atoms with Crippen LogP contribution in [0.4, 0.5) is 46.0 Å². The number of alkyl halides is 3. The SMILES string of the molecule is Cc1c(S(C)(=O)=O)c(-c2cc(F)cc(N3CCN(c4ccc(NS(=O)(=O)c5ccc(N[C@H](CCN6CCN(C(=O)CCCn7cc(COCCOCCOCCNc8cccc9c8C(=O)N(C8CCC(=O)NC8=O)C9=O)nn7)CC6)CSc6ccccc6)c(S(=O)(=O)C(F)(F)F)c5)cc4)CC3)c2)c(-c2ccc(Cl)cc2)n1C(C)C. The van der Waals surface area contributed by atoms with Crippen molar-refractivity contribution in [3.63, 3.8) is 0 Å². The van der Waals surface area contributed by atoms with Crippen molar-refractivity contribution in [1.29, 1.82) is 0 Å². The number of nitrogens with one attached hydrogen (secondary N) is 4. The molecule has 3 saturated heterocycles. The number of carbonyl (C=O) groups is 5. The van der Waals surface area contributed by atoms with E-state index in [9.17, 15) is 62.4 Å². The van der Waals surface area contributed by atoms with Crippen molar-refractivity contribution in [2.45, 2.75) is 109 Å². The second-order valence-corrected chi connectivity index (χ2v) is 35.3. The van der Waals surface area contributed by atoms with Crippen LogP contribution >= 0.6 is 23.4 Å². The maximum atomic E-state index is 15.9. The Balaban J connectivity index is 0.585. The van der Waals surface area contributed by atoms with Crippen molar-refractivity contribution in [1.82, 2.24) is 39.6 Å². The van der Waals surface area contributed by atoms with Gasteiger partial charge in [0.1, 0.15) is 22.4 Å². The molecule has 6 aromatic carbocycles. The number of fused-ring (bicyclic) bond motifs is 1. The Morgan fingerprint density at radius 3 is 2.09 bits per heavy atom. The van der Waals surface area contributed by atoms with Crippen LogP contribution in [-0.2, 0) is 71.4 Å². The lowest BCUT2D eigenvalue weighted by Crippen LogP contribution is -2.54. The monoisotopic (exact) mass is 1670 g/mol. The number of hydrogen-bond acceptors (Lipinski definition) is 22. The standard InChI is InChI=1S/C78H88ClF4N13O14S4/c1-51(2)95-52(3)74(112(4,102)103)71(73(95)53-15-17-55(79)18-16-53)54-44-56(80)46-61(45-54)92-37-35-91(36-38-92)60-21-19-57(20-22-60)88-114(106,107)63-23-24-65(68(47-63)113(104,105)78(81,82)83)85-58(50-111-62-10-6-5-7-11-62)27-30-90-31-33-93(34-32-90)70(98)14-9-29-94-48-59(87-89-94)49-110-43-42-109-41-40-108-39-28-84-66-13-8-12-64-72(66)77(101)96(76(64)100)67-25-26-69(97)86-75(67)99/h5-8,10-13,15-24,44-48,51,58,67,84-85,88H,9,14,25-43,49-50H2,1-4H3,(H,86,97,99)/t58-,67?/m1/s1. The predicted octanol–water partition coefficient (Wildman–Crippen LogP) is 10.6. The van der Waals surface area contributed by atoms with Crippen molar-refractivity contribution in [3.8, 4) is 22.4 Å². The molecule has 0 aliphatic carbocycles. The number of rotatable bonds is 35. The van der Waals surface area contributed by atoms with E-state index < -0.39 is 92.2 Å². The minimum absolute atomic E-state index is 0.0222. The van der Waals surface area contributed by atoms with Crippen LogP contribution in [0.3, 0.4) is 0 Å². The lowest BCUT2D eigenvalue weighted by atomic mass is 9.99. The topological polar surface area (TPSA) is 315 Å². The molecule has 4 aliphatic heterocycles. The highest BCUT2D eigenvalue weighted by atomic mass is 35.5. The van der Waals surface area contributed by atoms with E-state index in [1.165, 1.54) is 42.1 Å². The van der Waals surface area contributed by atoms with Crippen LogP contribution in [0.5, 0.6) is 0 Å². The molecule has 114 heavy (non-hydrogen) atoms. The number of sulfone groups is 2. The summed E-state index contributed by atoms with van der Waals surface area (Å²) in [5.74, 6) is -2.67. The highest BCUT2D eigenvalue weighted by Crippen LogP contribution is 2.46. The van der Waals surface area contributed by atoms with Gasteiger partial charge in [-0.15, -0.1) is 16.9 Å². The molecule has 0 spiro atoms. The maximum Gasteiger partial charge on any atom is 0.501 e. The van der Waals surface area contributed by atoms with E-state index in [4.69, 9.17) is 25.8 Å².